The van der Waals surface area contributed by atoms with E-state index >= 15 is 0 Å². The number of hydrogen-bond donors (Lipinski definition) is 2. The summed E-state index contributed by atoms with van der Waals surface area (Å²) < 4.78 is 1.96. The van der Waals surface area contributed by atoms with Crippen LogP contribution in [0.5, 0.6) is 0 Å². The van der Waals surface area contributed by atoms with Crippen molar-refractivity contribution >= 4 is 0 Å². The SMILES string of the molecule is CCc1c(C)nn(CC(O)CN2CCNCC2)c1C. The zero-order chi connectivity index (χ0) is 13.8. The van der Waals surface area contributed by atoms with E-state index in [1.165, 1.54) is 11.3 Å². The van der Waals surface area contributed by atoms with Gasteiger partial charge in [-0.2, -0.15) is 5.10 Å². The van der Waals surface area contributed by atoms with E-state index < -0.39 is 0 Å². The summed E-state index contributed by atoms with van der Waals surface area (Å²) in [4.78, 5) is 2.31. The molecule has 0 aromatic carbocycles. The number of aliphatic hydroxyl groups excluding tert-OH is 1. The first-order valence-electron chi connectivity index (χ1n) is 7.25. The van der Waals surface area contributed by atoms with E-state index in [2.05, 4.69) is 29.2 Å². The van der Waals surface area contributed by atoms with Crippen molar-refractivity contribution < 1.29 is 5.11 Å². The van der Waals surface area contributed by atoms with Gasteiger partial charge in [-0.15, -0.1) is 0 Å². The van der Waals surface area contributed by atoms with Crippen molar-refractivity contribution in [1.29, 1.82) is 0 Å². The molecule has 19 heavy (non-hydrogen) atoms. The van der Waals surface area contributed by atoms with Crippen molar-refractivity contribution in [3.8, 4) is 0 Å². The minimum atomic E-state index is -0.346. The van der Waals surface area contributed by atoms with Gasteiger partial charge in [-0.3, -0.25) is 9.58 Å². The number of aryl methyl sites for hydroxylation is 1. The van der Waals surface area contributed by atoms with Crippen LogP contribution in [0.25, 0.3) is 0 Å². The van der Waals surface area contributed by atoms with Gasteiger partial charge in [0.1, 0.15) is 0 Å². The molecule has 1 aromatic heterocycles. The number of aliphatic hydroxyl groups is 1. The second-order valence-corrected chi connectivity index (χ2v) is 5.39. The van der Waals surface area contributed by atoms with Crippen molar-refractivity contribution in [2.45, 2.75) is 39.8 Å². The number of nitrogens with one attached hydrogen (secondary N) is 1. The third-order valence-electron chi connectivity index (χ3n) is 3.95. The summed E-state index contributed by atoms with van der Waals surface area (Å²) in [6.07, 6.45) is 0.659. The van der Waals surface area contributed by atoms with E-state index in [9.17, 15) is 5.11 Å². The van der Waals surface area contributed by atoms with E-state index in [1.54, 1.807) is 0 Å². The number of hydrogen-bond acceptors (Lipinski definition) is 4. The molecule has 2 rings (SSSR count). The highest BCUT2D eigenvalue weighted by atomic mass is 16.3. The van der Waals surface area contributed by atoms with Gasteiger partial charge in [0, 0.05) is 38.4 Å². The maximum absolute atomic E-state index is 10.2. The van der Waals surface area contributed by atoms with Crippen LogP contribution in [0.15, 0.2) is 0 Å². The van der Waals surface area contributed by atoms with Crippen LogP contribution in [0.1, 0.15) is 23.9 Å². The first kappa shape index (κ1) is 14.5. The van der Waals surface area contributed by atoms with Crippen LogP contribution >= 0.6 is 0 Å². The summed E-state index contributed by atoms with van der Waals surface area (Å²) in [6.45, 7) is 11.7. The molecule has 0 radical (unpaired) electrons. The number of aromatic nitrogens is 2. The lowest BCUT2D eigenvalue weighted by atomic mass is 10.1. The van der Waals surface area contributed by atoms with Crippen LogP contribution in [-0.4, -0.2) is 58.6 Å². The lowest BCUT2D eigenvalue weighted by Gasteiger charge is -2.29. The van der Waals surface area contributed by atoms with Gasteiger partial charge in [0.25, 0.3) is 0 Å². The van der Waals surface area contributed by atoms with Gasteiger partial charge >= 0.3 is 0 Å². The Kier molecular flexibility index (Phi) is 4.96. The van der Waals surface area contributed by atoms with E-state index in [0.29, 0.717) is 6.54 Å². The zero-order valence-electron chi connectivity index (χ0n) is 12.3. The lowest BCUT2D eigenvalue weighted by molar-refractivity contribution is 0.0883. The molecule has 0 saturated carbocycles. The molecule has 1 unspecified atom stereocenters. The van der Waals surface area contributed by atoms with Crippen molar-refractivity contribution in [1.82, 2.24) is 20.0 Å². The predicted molar refractivity (Wildman–Crippen MR) is 76.4 cm³/mol. The number of piperazine rings is 1. The molecule has 2 N–H and O–H groups in total. The summed E-state index contributed by atoms with van der Waals surface area (Å²) in [5.41, 5.74) is 3.60. The lowest BCUT2D eigenvalue weighted by Crippen LogP contribution is -2.47. The molecule has 5 heteroatoms. The van der Waals surface area contributed by atoms with Crippen LogP contribution in [0, 0.1) is 13.8 Å². The molecule has 1 atom stereocenters. The summed E-state index contributed by atoms with van der Waals surface area (Å²) in [5.74, 6) is 0. The smallest absolute Gasteiger partial charge is 0.0862 e. The van der Waals surface area contributed by atoms with Crippen molar-refractivity contribution in [2.24, 2.45) is 0 Å². The van der Waals surface area contributed by atoms with E-state index in [1.807, 2.05) is 11.6 Å². The Labute approximate surface area is 115 Å². The summed E-state index contributed by atoms with van der Waals surface area (Å²) in [5, 5.41) is 18.1. The highest BCUT2D eigenvalue weighted by Gasteiger charge is 2.17. The molecule has 0 aliphatic carbocycles. The van der Waals surface area contributed by atoms with Crippen LogP contribution in [0.4, 0.5) is 0 Å². The average Bonchev–Trinajstić information content (AvgIpc) is 2.65. The Balaban J connectivity index is 1.92. The molecule has 1 aliphatic heterocycles. The first-order chi connectivity index (χ1) is 9.11. The second-order valence-electron chi connectivity index (χ2n) is 5.39. The van der Waals surface area contributed by atoms with Crippen LogP contribution < -0.4 is 5.32 Å². The molecule has 1 aliphatic rings. The van der Waals surface area contributed by atoms with E-state index in [0.717, 1.165) is 44.8 Å². The van der Waals surface area contributed by atoms with Gasteiger partial charge in [0.15, 0.2) is 0 Å². The molecule has 2 heterocycles. The van der Waals surface area contributed by atoms with Gasteiger partial charge in [-0.1, -0.05) is 6.92 Å². The van der Waals surface area contributed by atoms with Gasteiger partial charge in [-0.25, -0.2) is 0 Å². The van der Waals surface area contributed by atoms with Crippen molar-refractivity contribution in [2.75, 3.05) is 32.7 Å². The molecule has 1 aromatic rings. The summed E-state index contributed by atoms with van der Waals surface area (Å²) in [6, 6.07) is 0. The maximum Gasteiger partial charge on any atom is 0.0862 e. The predicted octanol–water partition coefficient (Wildman–Crippen LogP) is 0.328. The van der Waals surface area contributed by atoms with Gasteiger partial charge in [-0.05, 0) is 25.8 Å². The van der Waals surface area contributed by atoms with Gasteiger partial charge in [0.2, 0.25) is 0 Å². The topological polar surface area (TPSA) is 53.3 Å². The highest BCUT2D eigenvalue weighted by molar-refractivity contribution is 5.24. The molecule has 0 bridgehead atoms. The minimum Gasteiger partial charge on any atom is -0.390 e. The van der Waals surface area contributed by atoms with Crippen LogP contribution in [0.3, 0.4) is 0 Å². The molecule has 108 valence electrons. The fourth-order valence-electron chi connectivity index (χ4n) is 2.87. The molecule has 0 spiro atoms. The fraction of sp³-hybridized carbons (Fsp3) is 0.786. The Morgan fingerprint density at radius 1 is 1.26 bits per heavy atom. The molecule has 1 fully saturated rings. The monoisotopic (exact) mass is 266 g/mol. The largest absolute Gasteiger partial charge is 0.390 e. The summed E-state index contributed by atoms with van der Waals surface area (Å²) >= 11 is 0. The Hall–Kier alpha value is -0.910. The van der Waals surface area contributed by atoms with Crippen LogP contribution in [0.2, 0.25) is 0 Å². The van der Waals surface area contributed by atoms with E-state index in [-0.39, 0.29) is 6.10 Å². The third-order valence-corrected chi connectivity index (χ3v) is 3.95. The molecule has 1 saturated heterocycles. The standard InChI is InChI=1S/C14H26N4O/c1-4-14-11(2)16-18(12(14)3)10-13(19)9-17-7-5-15-6-8-17/h13,15,19H,4-10H2,1-3H3. The highest BCUT2D eigenvalue weighted by Crippen LogP contribution is 2.14. The van der Waals surface area contributed by atoms with E-state index in [4.69, 9.17) is 0 Å². The van der Waals surface area contributed by atoms with Gasteiger partial charge < -0.3 is 10.4 Å². The third kappa shape index (κ3) is 3.55. The van der Waals surface area contributed by atoms with Gasteiger partial charge in [0.05, 0.1) is 18.3 Å². The number of nitrogens with zero attached hydrogens (tertiary/aromatic N) is 3. The summed E-state index contributed by atoms with van der Waals surface area (Å²) in [7, 11) is 0. The molecule has 5 nitrogen and oxygen atoms in total. The Morgan fingerprint density at radius 3 is 2.53 bits per heavy atom. The second kappa shape index (κ2) is 6.50. The quantitative estimate of drug-likeness (QED) is 0.806. The first-order valence-corrected chi connectivity index (χ1v) is 7.25. The molecule has 0 amide bonds. The average molecular weight is 266 g/mol. The minimum absolute atomic E-state index is 0.346. The van der Waals surface area contributed by atoms with Crippen molar-refractivity contribution in [3.05, 3.63) is 17.0 Å². The fourth-order valence-corrected chi connectivity index (χ4v) is 2.87. The Morgan fingerprint density at radius 2 is 1.95 bits per heavy atom. The zero-order valence-corrected chi connectivity index (χ0v) is 12.3. The maximum atomic E-state index is 10.2. The molecular formula is C14H26N4O. The molecular weight excluding hydrogens is 240 g/mol. The normalized spacial score (nSPS) is 18.7. The number of rotatable bonds is 5. The Bertz CT molecular complexity index is 410. The van der Waals surface area contributed by atoms with Crippen molar-refractivity contribution in [3.63, 3.8) is 0 Å². The van der Waals surface area contributed by atoms with Crippen LogP contribution in [-0.2, 0) is 13.0 Å². The number of β-amino-alcohol motifs (C(OH)–C–C–N with tert-alkyl or cyclic N) is 1.